The van der Waals surface area contributed by atoms with Crippen molar-refractivity contribution in [2.75, 3.05) is 26.7 Å². The number of likely N-dealkylation sites (tertiary alicyclic amines) is 1. The van der Waals surface area contributed by atoms with Crippen LogP contribution in [0, 0.1) is 5.92 Å². The Labute approximate surface area is 151 Å². The van der Waals surface area contributed by atoms with E-state index in [0.29, 0.717) is 12.0 Å². The maximum absolute atomic E-state index is 4.66. The summed E-state index contributed by atoms with van der Waals surface area (Å²) in [6.45, 7) is 13.1. The highest BCUT2D eigenvalue weighted by Gasteiger charge is 2.20. The molecule has 1 aliphatic heterocycles. The Morgan fingerprint density at radius 1 is 1.42 bits per heavy atom. The highest BCUT2D eigenvalue weighted by molar-refractivity contribution is 7.09. The van der Waals surface area contributed by atoms with Crippen LogP contribution in [0.4, 0.5) is 0 Å². The molecule has 136 valence electrons. The van der Waals surface area contributed by atoms with Gasteiger partial charge in [-0.05, 0) is 38.1 Å². The Kier molecular flexibility index (Phi) is 7.49. The van der Waals surface area contributed by atoms with Crippen LogP contribution in [0.5, 0.6) is 0 Å². The zero-order chi connectivity index (χ0) is 17.5. The molecule has 1 fully saturated rings. The van der Waals surface area contributed by atoms with E-state index >= 15 is 0 Å². The molecule has 24 heavy (non-hydrogen) atoms. The summed E-state index contributed by atoms with van der Waals surface area (Å²) >= 11 is 1.71. The van der Waals surface area contributed by atoms with Gasteiger partial charge in [-0.15, -0.1) is 11.3 Å². The lowest BCUT2D eigenvalue weighted by molar-refractivity contribution is 0.139. The number of thiazole rings is 1. The molecule has 5 nitrogen and oxygen atoms in total. The van der Waals surface area contributed by atoms with Crippen molar-refractivity contribution in [2.24, 2.45) is 10.9 Å². The van der Waals surface area contributed by atoms with Gasteiger partial charge in [-0.1, -0.05) is 20.8 Å². The van der Waals surface area contributed by atoms with Gasteiger partial charge in [-0.3, -0.25) is 9.89 Å². The van der Waals surface area contributed by atoms with Crippen molar-refractivity contribution in [3.63, 3.8) is 0 Å². The van der Waals surface area contributed by atoms with Crippen molar-refractivity contribution in [1.82, 2.24) is 20.5 Å². The predicted octanol–water partition coefficient (Wildman–Crippen LogP) is 3.05. The van der Waals surface area contributed by atoms with E-state index in [1.807, 2.05) is 7.05 Å². The van der Waals surface area contributed by atoms with Crippen LogP contribution >= 0.6 is 11.3 Å². The second-order valence-corrected chi connectivity index (χ2v) is 8.16. The summed E-state index contributed by atoms with van der Waals surface area (Å²) in [5, 5.41) is 10.1. The monoisotopic (exact) mass is 351 g/mol. The van der Waals surface area contributed by atoms with E-state index in [9.17, 15) is 0 Å². The zero-order valence-electron chi connectivity index (χ0n) is 15.8. The SMILES string of the molecule is CN=C(NCc1nc(C(C)C)cs1)NCC(C)N1CCCC(C)C1. The average molecular weight is 352 g/mol. The van der Waals surface area contributed by atoms with Gasteiger partial charge in [0.2, 0.25) is 0 Å². The van der Waals surface area contributed by atoms with E-state index in [4.69, 9.17) is 0 Å². The van der Waals surface area contributed by atoms with Crippen LogP contribution in [0.1, 0.15) is 57.2 Å². The fraction of sp³-hybridized carbons (Fsp3) is 0.778. The Morgan fingerprint density at radius 2 is 2.21 bits per heavy atom. The van der Waals surface area contributed by atoms with E-state index < -0.39 is 0 Å². The molecule has 0 spiro atoms. The van der Waals surface area contributed by atoms with Gasteiger partial charge in [-0.2, -0.15) is 0 Å². The number of guanidine groups is 1. The summed E-state index contributed by atoms with van der Waals surface area (Å²) in [7, 11) is 1.82. The van der Waals surface area contributed by atoms with Crippen molar-refractivity contribution < 1.29 is 0 Å². The minimum atomic E-state index is 0.486. The van der Waals surface area contributed by atoms with Gasteiger partial charge < -0.3 is 10.6 Å². The number of hydrogen-bond donors (Lipinski definition) is 2. The molecule has 0 radical (unpaired) electrons. The van der Waals surface area contributed by atoms with Crippen LogP contribution in [0.2, 0.25) is 0 Å². The van der Waals surface area contributed by atoms with Crippen molar-refractivity contribution in [3.05, 3.63) is 16.1 Å². The van der Waals surface area contributed by atoms with Crippen molar-refractivity contribution in [1.29, 1.82) is 0 Å². The molecule has 1 aromatic heterocycles. The van der Waals surface area contributed by atoms with Gasteiger partial charge >= 0.3 is 0 Å². The van der Waals surface area contributed by atoms with Crippen molar-refractivity contribution in [3.8, 4) is 0 Å². The van der Waals surface area contributed by atoms with Gasteiger partial charge in [0.1, 0.15) is 5.01 Å². The van der Waals surface area contributed by atoms with E-state index in [2.05, 4.69) is 58.6 Å². The Bertz CT molecular complexity index is 525. The molecule has 2 N–H and O–H groups in total. The highest BCUT2D eigenvalue weighted by atomic mass is 32.1. The number of rotatable bonds is 6. The number of piperidine rings is 1. The standard InChI is InChI=1S/C18H33N5S/c1-13(2)16-12-24-17(22-16)10-21-18(19-5)20-9-15(4)23-8-6-7-14(3)11-23/h12-15H,6-11H2,1-5H3,(H2,19,20,21). The number of hydrogen-bond acceptors (Lipinski definition) is 4. The molecule has 0 amide bonds. The Morgan fingerprint density at radius 3 is 2.83 bits per heavy atom. The maximum atomic E-state index is 4.66. The molecule has 0 aliphatic carbocycles. The molecule has 1 aliphatic rings. The quantitative estimate of drug-likeness (QED) is 0.611. The molecule has 1 saturated heterocycles. The van der Waals surface area contributed by atoms with Crippen LogP contribution in [-0.2, 0) is 6.54 Å². The number of aromatic nitrogens is 1. The molecule has 0 saturated carbocycles. The summed E-state index contributed by atoms with van der Waals surface area (Å²) < 4.78 is 0. The first-order valence-electron chi connectivity index (χ1n) is 9.12. The van der Waals surface area contributed by atoms with Crippen molar-refractivity contribution >= 4 is 17.3 Å². The van der Waals surface area contributed by atoms with Crippen LogP contribution in [0.3, 0.4) is 0 Å². The van der Waals surface area contributed by atoms with Gasteiger partial charge in [0.15, 0.2) is 5.96 Å². The summed E-state index contributed by atoms with van der Waals surface area (Å²) in [5.74, 6) is 2.16. The molecular formula is C18H33N5S. The minimum absolute atomic E-state index is 0.486. The Balaban J connectivity index is 1.75. The highest BCUT2D eigenvalue weighted by Crippen LogP contribution is 2.18. The Hall–Kier alpha value is -1.14. The molecule has 6 heteroatoms. The molecule has 2 heterocycles. The molecular weight excluding hydrogens is 318 g/mol. The van der Waals surface area contributed by atoms with Gasteiger partial charge in [-0.25, -0.2) is 4.98 Å². The largest absolute Gasteiger partial charge is 0.355 e. The molecule has 2 unspecified atom stereocenters. The maximum Gasteiger partial charge on any atom is 0.191 e. The number of nitrogens with one attached hydrogen (secondary N) is 2. The van der Waals surface area contributed by atoms with Gasteiger partial charge in [0, 0.05) is 31.6 Å². The molecule has 2 atom stereocenters. The first-order chi connectivity index (χ1) is 11.5. The van der Waals surface area contributed by atoms with Crippen LogP contribution in [-0.4, -0.2) is 48.6 Å². The zero-order valence-corrected chi connectivity index (χ0v) is 16.6. The molecule has 0 bridgehead atoms. The fourth-order valence-corrected chi connectivity index (χ4v) is 3.95. The molecule has 0 aromatic carbocycles. The molecule has 1 aromatic rings. The number of aliphatic imine (C=N–C) groups is 1. The predicted molar refractivity (Wildman–Crippen MR) is 104 cm³/mol. The van der Waals surface area contributed by atoms with E-state index in [-0.39, 0.29) is 0 Å². The minimum Gasteiger partial charge on any atom is -0.355 e. The van der Waals surface area contributed by atoms with E-state index in [1.165, 1.54) is 31.6 Å². The smallest absolute Gasteiger partial charge is 0.191 e. The van der Waals surface area contributed by atoms with Crippen LogP contribution < -0.4 is 10.6 Å². The third kappa shape index (κ3) is 5.74. The second kappa shape index (κ2) is 9.37. The normalized spacial score (nSPS) is 21.1. The lowest BCUT2D eigenvalue weighted by atomic mass is 9.99. The van der Waals surface area contributed by atoms with Crippen LogP contribution in [0.15, 0.2) is 10.4 Å². The first kappa shape index (κ1) is 19.2. The fourth-order valence-electron chi connectivity index (χ4n) is 3.05. The first-order valence-corrected chi connectivity index (χ1v) is 10.0. The van der Waals surface area contributed by atoms with Crippen LogP contribution in [0.25, 0.3) is 0 Å². The van der Waals surface area contributed by atoms with Gasteiger partial charge in [0.05, 0.1) is 12.2 Å². The summed E-state index contributed by atoms with van der Waals surface area (Å²) in [6, 6.07) is 0.527. The third-order valence-corrected chi connectivity index (χ3v) is 5.54. The number of nitrogens with zero attached hydrogens (tertiary/aromatic N) is 3. The van der Waals surface area contributed by atoms with Gasteiger partial charge in [0.25, 0.3) is 0 Å². The van der Waals surface area contributed by atoms with Crippen molar-refractivity contribution in [2.45, 2.75) is 59.0 Å². The average Bonchev–Trinajstić information content (AvgIpc) is 3.04. The third-order valence-electron chi connectivity index (χ3n) is 4.67. The molecule has 2 rings (SSSR count). The second-order valence-electron chi connectivity index (χ2n) is 7.22. The summed E-state index contributed by atoms with van der Waals surface area (Å²) in [6.07, 6.45) is 2.69. The summed E-state index contributed by atoms with van der Waals surface area (Å²) in [4.78, 5) is 11.6. The van der Waals surface area contributed by atoms with E-state index in [0.717, 1.165) is 30.0 Å². The van der Waals surface area contributed by atoms with E-state index in [1.54, 1.807) is 11.3 Å². The summed E-state index contributed by atoms with van der Waals surface area (Å²) in [5.41, 5.74) is 1.17. The topological polar surface area (TPSA) is 52.6 Å². The lowest BCUT2D eigenvalue weighted by Crippen LogP contribution is -2.48. The lowest BCUT2D eigenvalue weighted by Gasteiger charge is -2.35.